The molecular formula is C14H23N3O3. The number of carbonyl (C=O) groups excluding carboxylic acids is 1. The number of amides is 1. The van der Waals surface area contributed by atoms with Crippen LogP contribution >= 0.6 is 0 Å². The summed E-state index contributed by atoms with van der Waals surface area (Å²) < 4.78 is 7.29. The molecule has 1 N–H and O–H groups in total. The molecule has 6 heteroatoms. The number of rotatable bonds is 2. The molecule has 1 aromatic heterocycles. The first-order valence-electron chi connectivity index (χ1n) is 7.00. The van der Waals surface area contributed by atoms with E-state index in [0.29, 0.717) is 13.0 Å². The third kappa shape index (κ3) is 3.50. The van der Waals surface area contributed by atoms with Crippen LogP contribution in [-0.2, 0) is 4.74 Å². The quantitative estimate of drug-likeness (QED) is 0.898. The Hall–Kier alpha value is -1.56. The summed E-state index contributed by atoms with van der Waals surface area (Å²) in [6.07, 6.45) is 4.82. The van der Waals surface area contributed by atoms with Gasteiger partial charge in [-0.1, -0.05) is 0 Å². The molecule has 2 heterocycles. The molecule has 6 nitrogen and oxygen atoms in total. The molecule has 20 heavy (non-hydrogen) atoms. The second-order valence-electron chi connectivity index (χ2n) is 6.17. The van der Waals surface area contributed by atoms with Crippen molar-refractivity contribution in [3.05, 3.63) is 18.5 Å². The summed E-state index contributed by atoms with van der Waals surface area (Å²) in [7, 11) is 0. The van der Waals surface area contributed by atoms with Crippen LogP contribution in [0.5, 0.6) is 0 Å². The minimum atomic E-state index is -0.518. The zero-order valence-electron chi connectivity index (χ0n) is 12.3. The highest BCUT2D eigenvalue weighted by atomic mass is 16.6. The van der Waals surface area contributed by atoms with Crippen LogP contribution in [0.3, 0.4) is 0 Å². The number of aromatic nitrogens is 2. The molecule has 0 spiro atoms. The number of hydrogen-bond donors (Lipinski definition) is 1. The van der Waals surface area contributed by atoms with Crippen molar-refractivity contribution in [3.63, 3.8) is 0 Å². The SMILES string of the molecule is CC(C)(C)OC(=O)N1CC[C@@H](n2cccn2)C[C@H]1CO. The van der Waals surface area contributed by atoms with E-state index in [1.807, 2.05) is 37.7 Å². The number of nitrogens with zero attached hydrogens (tertiary/aromatic N) is 3. The van der Waals surface area contributed by atoms with Crippen LogP contribution in [0.2, 0.25) is 0 Å². The molecule has 0 saturated carbocycles. The van der Waals surface area contributed by atoms with Gasteiger partial charge in [0, 0.05) is 18.9 Å². The lowest BCUT2D eigenvalue weighted by Crippen LogP contribution is -2.50. The molecule has 2 rings (SSSR count). The van der Waals surface area contributed by atoms with E-state index in [-0.39, 0.29) is 24.8 Å². The first-order valence-corrected chi connectivity index (χ1v) is 7.00. The number of likely N-dealkylation sites (tertiary alicyclic amines) is 1. The molecule has 1 amide bonds. The molecule has 0 radical (unpaired) electrons. The minimum absolute atomic E-state index is 0.0585. The lowest BCUT2D eigenvalue weighted by Gasteiger charge is -2.39. The maximum atomic E-state index is 12.1. The summed E-state index contributed by atoms with van der Waals surface area (Å²) >= 11 is 0. The Morgan fingerprint density at radius 3 is 2.80 bits per heavy atom. The van der Waals surface area contributed by atoms with Crippen molar-refractivity contribution >= 4 is 6.09 Å². The summed E-state index contributed by atoms with van der Waals surface area (Å²) in [5, 5.41) is 13.8. The number of ether oxygens (including phenoxy) is 1. The second kappa shape index (κ2) is 5.83. The van der Waals surface area contributed by atoms with Crippen LogP contribution in [0.15, 0.2) is 18.5 Å². The zero-order valence-corrected chi connectivity index (χ0v) is 12.3. The van der Waals surface area contributed by atoms with Crippen LogP contribution in [0.25, 0.3) is 0 Å². The van der Waals surface area contributed by atoms with Crippen molar-refractivity contribution in [2.24, 2.45) is 0 Å². The molecule has 1 saturated heterocycles. The van der Waals surface area contributed by atoms with Gasteiger partial charge in [0.05, 0.1) is 18.7 Å². The fraction of sp³-hybridized carbons (Fsp3) is 0.714. The molecule has 0 unspecified atom stereocenters. The van der Waals surface area contributed by atoms with Gasteiger partial charge in [0.15, 0.2) is 0 Å². The average Bonchev–Trinajstić information content (AvgIpc) is 2.89. The monoisotopic (exact) mass is 281 g/mol. The maximum absolute atomic E-state index is 12.1. The Bertz CT molecular complexity index is 439. The third-order valence-electron chi connectivity index (χ3n) is 3.43. The van der Waals surface area contributed by atoms with Gasteiger partial charge in [-0.3, -0.25) is 4.68 Å². The third-order valence-corrected chi connectivity index (χ3v) is 3.43. The van der Waals surface area contributed by atoms with E-state index < -0.39 is 5.60 Å². The highest BCUT2D eigenvalue weighted by Gasteiger charge is 2.34. The standard InChI is InChI=1S/C14H23N3O3/c1-14(2,3)20-13(19)16-8-5-11(9-12(16)10-18)17-7-4-6-15-17/h4,6-7,11-12,18H,5,8-10H2,1-3H3/t11-,12+/m1/s1. The van der Waals surface area contributed by atoms with Gasteiger partial charge in [0.1, 0.15) is 5.60 Å². The molecule has 0 bridgehead atoms. The molecule has 0 aliphatic carbocycles. The fourth-order valence-corrected chi connectivity index (χ4v) is 2.50. The van der Waals surface area contributed by atoms with Crippen LogP contribution in [0.4, 0.5) is 4.79 Å². The van der Waals surface area contributed by atoms with Crippen LogP contribution in [0.1, 0.15) is 39.7 Å². The fourth-order valence-electron chi connectivity index (χ4n) is 2.50. The molecule has 112 valence electrons. The number of carbonyl (C=O) groups is 1. The molecule has 1 fully saturated rings. The molecular weight excluding hydrogens is 258 g/mol. The van der Waals surface area contributed by atoms with E-state index in [9.17, 15) is 9.90 Å². The van der Waals surface area contributed by atoms with E-state index in [4.69, 9.17) is 4.74 Å². The summed E-state index contributed by atoms with van der Waals surface area (Å²) in [6.45, 7) is 6.04. The average molecular weight is 281 g/mol. The van der Waals surface area contributed by atoms with Crippen molar-refractivity contribution in [2.75, 3.05) is 13.2 Å². The van der Waals surface area contributed by atoms with Gasteiger partial charge in [-0.15, -0.1) is 0 Å². The number of aliphatic hydroxyl groups excluding tert-OH is 1. The van der Waals surface area contributed by atoms with Crippen molar-refractivity contribution < 1.29 is 14.6 Å². The molecule has 1 aliphatic heterocycles. The van der Waals surface area contributed by atoms with Crippen molar-refractivity contribution in [2.45, 2.75) is 51.3 Å². The van der Waals surface area contributed by atoms with E-state index in [1.54, 1.807) is 11.1 Å². The number of hydrogen-bond acceptors (Lipinski definition) is 4. The Balaban J connectivity index is 2.01. The van der Waals surface area contributed by atoms with E-state index in [0.717, 1.165) is 6.42 Å². The van der Waals surface area contributed by atoms with Gasteiger partial charge >= 0.3 is 6.09 Å². The summed E-state index contributed by atoms with van der Waals surface area (Å²) in [6, 6.07) is 1.89. The first kappa shape index (κ1) is 14.8. The molecule has 0 aromatic carbocycles. The van der Waals surface area contributed by atoms with Crippen molar-refractivity contribution in [3.8, 4) is 0 Å². The van der Waals surface area contributed by atoms with Crippen LogP contribution in [-0.4, -0.2) is 50.7 Å². The predicted molar refractivity (Wildman–Crippen MR) is 74.3 cm³/mol. The molecule has 1 aromatic rings. The smallest absolute Gasteiger partial charge is 0.410 e. The second-order valence-corrected chi connectivity index (χ2v) is 6.17. The topological polar surface area (TPSA) is 67.6 Å². The lowest BCUT2D eigenvalue weighted by molar-refractivity contribution is -0.00439. The Labute approximate surface area is 119 Å². The van der Waals surface area contributed by atoms with Crippen LogP contribution in [0, 0.1) is 0 Å². The van der Waals surface area contributed by atoms with Gasteiger partial charge in [-0.2, -0.15) is 5.10 Å². The number of aliphatic hydroxyl groups is 1. The van der Waals surface area contributed by atoms with Gasteiger partial charge < -0.3 is 14.7 Å². The van der Waals surface area contributed by atoms with Crippen molar-refractivity contribution in [1.29, 1.82) is 0 Å². The maximum Gasteiger partial charge on any atom is 0.410 e. The molecule has 2 atom stereocenters. The van der Waals surface area contributed by atoms with Gasteiger partial charge in [-0.05, 0) is 39.7 Å². The van der Waals surface area contributed by atoms with E-state index in [2.05, 4.69) is 5.10 Å². The number of piperidine rings is 1. The lowest BCUT2D eigenvalue weighted by atomic mass is 9.98. The van der Waals surface area contributed by atoms with Gasteiger partial charge in [0.2, 0.25) is 0 Å². The summed E-state index contributed by atoms with van der Waals surface area (Å²) in [5.74, 6) is 0. The van der Waals surface area contributed by atoms with E-state index in [1.165, 1.54) is 0 Å². The molecule has 1 aliphatic rings. The van der Waals surface area contributed by atoms with E-state index >= 15 is 0 Å². The van der Waals surface area contributed by atoms with Gasteiger partial charge in [0.25, 0.3) is 0 Å². The summed E-state index contributed by atoms with van der Waals surface area (Å²) in [5.41, 5.74) is -0.518. The summed E-state index contributed by atoms with van der Waals surface area (Å²) in [4.78, 5) is 13.8. The zero-order chi connectivity index (χ0) is 14.8. The Kier molecular flexibility index (Phi) is 4.32. The van der Waals surface area contributed by atoms with Crippen LogP contribution < -0.4 is 0 Å². The highest BCUT2D eigenvalue weighted by Crippen LogP contribution is 2.27. The predicted octanol–water partition coefficient (Wildman–Crippen LogP) is 1.82. The Morgan fingerprint density at radius 2 is 2.25 bits per heavy atom. The highest BCUT2D eigenvalue weighted by molar-refractivity contribution is 5.68. The largest absolute Gasteiger partial charge is 0.444 e. The minimum Gasteiger partial charge on any atom is -0.444 e. The van der Waals surface area contributed by atoms with Gasteiger partial charge in [-0.25, -0.2) is 4.79 Å². The normalized spacial score (nSPS) is 23.7. The Morgan fingerprint density at radius 1 is 1.50 bits per heavy atom. The van der Waals surface area contributed by atoms with Crippen molar-refractivity contribution in [1.82, 2.24) is 14.7 Å². The first-order chi connectivity index (χ1) is 9.40.